The number of aromatic nitrogens is 4. The zero-order chi connectivity index (χ0) is 19.5. The molecule has 3 N–H and O–H groups in total. The van der Waals surface area contributed by atoms with Crippen LogP contribution in [0.4, 0.5) is 0 Å². The van der Waals surface area contributed by atoms with Crippen LogP contribution in [-0.4, -0.2) is 38.5 Å². The minimum atomic E-state index is -0.202. The van der Waals surface area contributed by atoms with E-state index in [0.717, 1.165) is 29.3 Å². The van der Waals surface area contributed by atoms with Gasteiger partial charge in [0.25, 0.3) is 5.91 Å². The van der Waals surface area contributed by atoms with Crippen LogP contribution in [0.3, 0.4) is 0 Å². The molecule has 0 radical (unpaired) electrons. The number of nitrogens with zero attached hydrogens (tertiary/aromatic N) is 4. The molecule has 1 aliphatic rings. The topological polar surface area (TPSA) is 98.7 Å². The van der Waals surface area contributed by atoms with Gasteiger partial charge in [-0.05, 0) is 37.8 Å². The Morgan fingerprint density at radius 1 is 1.29 bits per heavy atom. The average molecular weight is 378 g/mol. The van der Waals surface area contributed by atoms with Gasteiger partial charge in [0.15, 0.2) is 5.69 Å². The summed E-state index contributed by atoms with van der Waals surface area (Å²) in [5.74, 6) is 0.246. The van der Waals surface area contributed by atoms with Gasteiger partial charge < -0.3 is 11.1 Å². The number of pyridine rings is 1. The Morgan fingerprint density at radius 2 is 2.11 bits per heavy atom. The van der Waals surface area contributed by atoms with Crippen LogP contribution < -0.4 is 11.1 Å². The molecule has 0 saturated heterocycles. The molecule has 0 aliphatic heterocycles. The Bertz CT molecular complexity index is 971. The molecule has 1 aromatic carbocycles. The van der Waals surface area contributed by atoms with Crippen molar-refractivity contribution >= 4 is 16.7 Å². The molecule has 7 heteroatoms. The first-order chi connectivity index (χ1) is 13.7. The molecule has 2 heterocycles. The van der Waals surface area contributed by atoms with Crippen LogP contribution in [0.5, 0.6) is 0 Å². The van der Waals surface area contributed by atoms with E-state index in [1.807, 2.05) is 37.4 Å². The first-order valence-electron chi connectivity index (χ1n) is 9.95. The summed E-state index contributed by atoms with van der Waals surface area (Å²) in [6.07, 6.45) is 9.51. The maximum Gasteiger partial charge on any atom is 0.274 e. The molecule has 146 valence electrons. The van der Waals surface area contributed by atoms with E-state index < -0.39 is 0 Å². The molecule has 1 amide bonds. The van der Waals surface area contributed by atoms with E-state index in [1.54, 1.807) is 10.9 Å². The van der Waals surface area contributed by atoms with E-state index >= 15 is 0 Å². The highest BCUT2D eigenvalue weighted by molar-refractivity contribution is 5.94. The number of benzene rings is 1. The lowest BCUT2D eigenvalue weighted by atomic mass is 9.84. The highest BCUT2D eigenvalue weighted by atomic mass is 16.2. The van der Waals surface area contributed by atoms with Crippen LogP contribution in [0.15, 0.2) is 36.7 Å². The summed E-state index contributed by atoms with van der Waals surface area (Å²) >= 11 is 0. The maximum atomic E-state index is 12.9. The standard InChI is InChI=1S/C21H26N6O/c1-14-20(21(28)24-18(12-22)15-6-3-2-4-7-15)25-26-27(14)19-9-5-8-16-13-23-11-10-17(16)19/h5,8-11,13,15,18H,2-4,6-7,12,22H2,1H3,(H,24,28). The normalized spacial score (nSPS) is 16.2. The number of carbonyl (C=O) groups is 1. The highest BCUT2D eigenvalue weighted by Gasteiger charge is 2.26. The van der Waals surface area contributed by atoms with Crippen molar-refractivity contribution in [3.63, 3.8) is 0 Å². The third-order valence-electron chi connectivity index (χ3n) is 5.78. The quantitative estimate of drug-likeness (QED) is 0.711. The molecule has 3 aromatic rings. The molecule has 2 aromatic heterocycles. The van der Waals surface area contributed by atoms with E-state index in [-0.39, 0.29) is 11.9 Å². The van der Waals surface area contributed by atoms with Crippen LogP contribution in [0.1, 0.15) is 48.3 Å². The summed E-state index contributed by atoms with van der Waals surface area (Å²) in [4.78, 5) is 17.1. The fourth-order valence-electron chi connectivity index (χ4n) is 4.20. The lowest BCUT2D eigenvalue weighted by Crippen LogP contribution is -2.46. The summed E-state index contributed by atoms with van der Waals surface area (Å²) in [6.45, 7) is 2.31. The van der Waals surface area contributed by atoms with Crippen molar-refractivity contribution in [3.05, 3.63) is 48.0 Å². The second kappa shape index (κ2) is 8.06. The Labute approximate surface area is 164 Å². The number of rotatable bonds is 5. The van der Waals surface area contributed by atoms with Crippen molar-refractivity contribution in [1.82, 2.24) is 25.3 Å². The Kier molecular flexibility index (Phi) is 5.34. The summed E-state index contributed by atoms with van der Waals surface area (Å²) in [5.41, 5.74) is 7.90. The summed E-state index contributed by atoms with van der Waals surface area (Å²) in [6, 6.07) is 7.85. The van der Waals surface area contributed by atoms with Crippen molar-refractivity contribution in [2.24, 2.45) is 11.7 Å². The Balaban J connectivity index is 1.60. The van der Waals surface area contributed by atoms with Gasteiger partial charge in [0.2, 0.25) is 0 Å². The molecular weight excluding hydrogens is 352 g/mol. The van der Waals surface area contributed by atoms with Gasteiger partial charge in [-0.2, -0.15) is 0 Å². The van der Waals surface area contributed by atoms with E-state index in [2.05, 4.69) is 20.6 Å². The van der Waals surface area contributed by atoms with Crippen molar-refractivity contribution < 1.29 is 4.79 Å². The molecule has 4 rings (SSSR count). The third-order valence-corrected chi connectivity index (χ3v) is 5.78. The smallest absolute Gasteiger partial charge is 0.274 e. The number of hydrogen-bond donors (Lipinski definition) is 2. The van der Waals surface area contributed by atoms with Gasteiger partial charge in [0, 0.05) is 35.8 Å². The van der Waals surface area contributed by atoms with Gasteiger partial charge in [-0.3, -0.25) is 9.78 Å². The van der Waals surface area contributed by atoms with Gasteiger partial charge in [0.05, 0.1) is 11.4 Å². The Hall–Kier alpha value is -2.80. The van der Waals surface area contributed by atoms with Crippen molar-refractivity contribution in [2.45, 2.75) is 45.1 Å². The molecule has 1 atom stereocenters. The molecular formula is C21H26N6O. The van der Waals surface area contributed by atoms with Crippen LogP contribution in [0.2, 0.25) is 0 Å². The fraction of sp³-hybridized carbons (Fsp3) is 0.429. The molecule has 1 aliphatic carbocycles. The molecule has 28 heavy (non-hydrogen) atoms. The largest absolute Gasteiger partial charge is 0.346 e. The number of nitrogens with two attached hydrogens (primary N) is 1. The molecule has 1 saturated carbocycles. The fourth-order valence-corrected chi connectivity index (χ4v) is 4.20. The van der Waals surface area contributed by atoms with Gasteiger partial charge in [-0.15, -0.1) is 5.10 Å². The number of amides is 1. The zero-order valence-electron chi connectivity index (χ0n) is 16.1. The first kappa shape index (κ1) is 18.6. The van der Waals surface area contributed by atoms with Gasteiger partial charge in [-0.25, -0.2) is 4.68 Å². The lowest BCUT2D eigenvalue weighted by Gasteiger charge is -2.29. The second-order valence-electron chi connectivity index (χ2n) is 7.52. The van der Waals surface area contributed by atoms with Gasteiger partial charge in [0.1, 0.15) is 0 Å². The predicted octanol–water partition coefficient (Wildman–Crippen LogP) is 2.76. The van der Waals surface area contributed by atoms with Crippen LogP contribution >= 0.6 is 0 Å². The van der Waals surface area contributed by atoms with E-state index in [9.17, 15) is 4.79 Å². The number of carbonyl (C=O) groups excluding carboxylic acids is 1. The van der Waals surface area contributed by atoms with Crippen LogP contribution in [0, 0.1) is 12.8 Å². The maximum absolute atomic E-state index is 12.9. The molecule has 7 nitrogen and oxygen atoms in total. The minimum absolute atomic E-state index is 0.0130. The second-order valence-corrected chi connectivity index (χ2v) is 7.52. The van der Waals surface area contributed by atoms with Crippen LogP contribution in [0.25, 0.3) is 16.5 Å². The highest BCUT2D eigenvalue weighted by Crippen LogP contribution is 2.27. The monoisotopic (exact) mass is 378 g/mol. The van der Waals surface area contributed by atoms with Crippen molar-refractivity contribution in [1.29, 1.82) is 0 Å². The zero-order valence-corrected chi connectivity index (χ0v) is 16.1. The average Bonchev–Trinajstić information content (AvgIpc) is 3.13. The molecule has 0 spiro atoms. The number of fused-ring (bicyclic) bond motifs is 1. The van der Waals surface area contributed by atoms with Crippen molar-refractivity contribution in [2.75, 3.05) is 6.54 Å². The first-order valence-corrected chi connectivity index (χ1v) is 9.95. The Morgan fingerprint density at radius 3 is 2.89 bits per heavy atom. The van der Waals surface area contributed by atoms with E-state index in [1.165, 1.54) is 19.3 Å². The third kappa shape index (κ3) is 3.49. The van der Waals surface area contributed by atoms with Crippen molar-refractivity contribution in [3.8, 4) is 5.69 Å². The molecule has 1 unspecified atom stereocenters. The van der Waals surface area contributed by atoms with Gasteiger partial charge in [-0.1, -0.05) is 36.6 Å². The van der Waals surface area contributed by atoms with E-state index in [0.29, 0.717) is 23.9 Å². The van der Waals surface area contributed by atoms with Crippen LogP contribution in [-0.2, 0) is 0 Å². The molecule has 1 fully saturated rings. The number of hydrogen-bond acceptors (Lipinski definition) is 5. The summed E-state index contributed by atoms with van der Waals surface area (Å²) in [7, 11) is 0. The summed E-state index contributed by atoms with van der Waals surface area (Å²) < 4.78 is 1.72. The summed E-state index contributed by atoms with van der Waals surface area (Å²) in [5, 5.41) is 13.6. The van der Waals surface area contributed by atoms with E-state index in [4.69, 9.17) is 5.73 Å². The lowest BCUT2D eigenvalue weighted by molar-refractivity contribution is 0.0909. The predicted molar refractivity (Wildman–Crippen MR) is 108 cm³/mol. The minimum Gasteiger partial charge on any atom is -0.346 e. The molecule has 0 bridgehead atoms. The van der Waals surface area contributed by atoms with Gasteiger partial charge >= 0.3 is 0 Å². The SMILES string of the molecule is Cc1c(C(=O)NC(CN)C2CCCCC2)nnn1-c1cccc2cnccc12. The number of nitrogens with one attached hydrogen (secondary N) is 1.